The van der Waals surface area contributed by atoms with E-state index < -0.39 is 0 Å². The number of hydrogen-bond donors (Lipinski definition) is 1. The molecule has 2 aromatic carbocycles. The molecule has 0 atom stereocenters. The molecule has 1 N–H and O–H groups in total. The molecule has 0 aliphatic carbocycles. The van der Waals surface area contributed by atoms with Gasteiger partial charge in [-0.05, 0) is 25.1 Å². The van der Waals surface area contributed by atoms with Gasteiger partial charge in [-0.15, -0.1) is 0 Å². The average Bonchev–Trinajstić information content (AvgIpc) is 2.43. The Kier molecular flexibility index (Phi) is 3.79. The standard InChI is InChI=1S/C14H10ClN3O/c1-9-7-13(11(15)8-12(9)18-16)17-14(19)10-5-3-2-4-6-10/h2-8H,1H3/p+1. The van der Waals surface area contributed by atoms with Crippen molar-refractivity contribution in [2.75, 3.05) is 5.32 Å². The molecule has 0 aliphatic rings. The van der Waals surface area contributed by atoms with Crippen molar-refractivity contribution >= 4 is 28.9 Å². The summed E-state index contributed by atoms with van der Waals surface area (Å²) in [6, 6.07) is 12.0. The summed E-state index contributed by atoms with van der Waals surface area (Å²) in [5, 5.41) is 11.8. The third-order valence-electron chi connectivity index (χ3n) is 2.68. The number of nitrogens with zero attached hydrogens (tertiary/aromatic N) is 2. The third-order valence-corrected chi connectivity index (χ3v) is 2.99. The number of rotatable bonds is 2. The predicted octanol–water partition coefficient (Wildman–Crippen LogP) is 4.39. The molecule has 0 saturated carbocycles. The van der Waals surface area contributed by atoms with Gasteiger partial charge in [-0.3, -0.25) is 4.79 Å². The van der Waals surface area contributed by atoms with Gasteiger partial charge in [-0.25, -0.2) is 0 Å². The van der Waals surface area contributed by atoms with Crippen LogP contribution in [-0.4, -0.2) is 5.91 Å². The summed E-state index contributed by atoms with van der Waals surface area (Å²) < 4.78 is 0. The molecule has 0 aliphatic heterocycles. The quantitative estimate of drug-likeness (QED) is 0.825. The summed E-state index contributed by atoms with van der Waals surface area (Å²) in [6.45, 7) is 1.77. The number of diazo groups is 1. The molecule has 0 saturated heterocycles. The lowest BCUT2D eigenvalue weighted by atomic mass is 10.1. The maximum atomic E-state index is 12.0. The second kappa shape index (κ2) is 5.51. The van der Waals surface area contributed by atoms with Crippen LogP contribution in [0.5, 0.6) is 0 Å². The topological polar surface area (TPSA) is 57.2 Å². The van der Waals surface area contributed by atoms with Gasteiger partial charge in [0.25, 0.3) is 5.91 Å². The van der Waals surface area contributed by atoms with Crippen LogP contribution in [0.15, 0.2) is 42.5 Å². The smallest absolute Gasteiger partial charge is 0.321 e. The number of anilines is 1. The summed E-state index contributed by atoms with van der Waals surface area (Å²) in [6.07, 6.45) is 0. The van der Waals surface area contributed by atoms with Gasteiger partial charge in [0.05, 0.1) is 16.8 Å². The minimum Gasteiger partial charge on any atom is -0.321 e. The van der Waals surface area contributed by atoms with Crippen LogP contribution in [0.1, 0.15) is 15.9 Å². The molecule has 5 heteroatoms. The predicted molar refractivity (Wildman–Crippen MR) is 75.3 cm³/mol. The molecule has 4 nitrogen and oxygen atoms in total. The van der Waals surface area contributed by atoms with Crippen LogP contribution in [0.3, 0.4) is 0 Å². The number of halogens is 1. The Bertz CT molecular complexity index is 662. The molecule has 1 amide bonds. The molecule has 0 heterocycles. The Morgan fingerprint density at radius 3 is 2.58 bits per heavy atom. The van der Waals surface area contributed by atoms with Crippen molar-refractivity contribution in [1.29, 1.82) is 5.39 Å². The molecule has 0 fully saturated rings. The number of aryl methyl sites for hydroxylation is 1. The van der Waals surface area contributed by atoms with Crippen LogP contribution in [0.4, 0.5) is 11.4 Å². The second-order valence-electron chi connectivity index (χ2n) is 4.04. The highest BCUT2D eigenvalue weighted by atomic mass is 35.5. The molecule has 0 bridgehead atoms. The van der Waals surface area contributed by atoms with E-state index in [0.29, 0.717) is 22.0 Å². The molecule has 0 aromatic heterocycles. The van der Waals surface area contributed by atoms with Crippen LogP contribution >= 0.6 is 11.6 Å². The number of carbonyl (C=O) groups is 1. The molecular weight excluding hydrogens is 262 g/mol. The molecule has 0 spiro atoms. The van der Waals surface area contributed by atoms with Gasteiger partial charge in [-0.1, -0.05) is 29.8 Å². The zero-order valence-electron chi connectivity index (χ0n) is 10.2. The first-order chi connectivity index (χ1) is 9.11. The molecule has 0 unspecified atom stereocenters. The summed E-state index contributed by atoms with van der Waals surface area (Å²) in [5.41, 5.74) is 2.13. The van der Waals surface area contributed by atoms with E-state index in [0.717, 1.165) is 5.56 Å². The lowest BCUT2D eigenvalue weighted by Crippen LogP contribution is -2.12. The van der Waals surface area contributed by atoms with Crippen LogP contribution in [-0.2, 0) is 0 Å². The molecule has 19 heavy (non-hydrogen) atoms. The highest BCUT2D eigenvalue weighted by molar-refractivity contribution is 6.34. The number of hydrogen-bond acceptors (Lipinski definition) is 2. The van der Waals surface area contributed by atoms with Gasteiger partial charge in [0, 0.05) is 11.1 Å². The Labute approximate surface area is 115 Å². The normalized spacial score (nSPS) is 9.74. The first kappa shape index (κ1) is 13.1. The fraction of sp³-hybridized carbons (Fsp3) is 0.0714. The van der Waals surface area contributed by atoms with Crippen LogP contribution in [0.25, 0.3) is 4.98 Å². The molecular formula is C14H11ClN3O+. The number of nitrogens with one attached hydrogen (secondary N) is 1. The van der Waals surface area contributed by atoms with Gasteiger partial charge in [-0.2, -0.15) is 0 Å². The van der Waals surface area contributed by atoms with E-state index in [4.69, 9.17) is 17.0 Å². The SMILES string of the molecule is Cc1cc(NC(=O)c2ccccc2)c(Cl)cc1[N+]#N. The largest absolute Gasteiger partial charge is 0.389 e. The van der Waals surface area contributed by atoms with E-state index >= 15 is 0 Å². The van der Waals surface area contributed by atoms with Gasteiger partial charge >= 0.3 is 5.69 Å². The van der Waals surface area contributed by atoms with E-state index in [2.05, 4.69) is 10.3 Å². The van der Waals surface area contributed by atoms with E-state index in [1.165, 1.54) is 6.07 Å². The molecule has 0 radical (unpaired) electrons. The number of amides is 1. The van der Waals surface area contributed by atoms with E-state index in [1.807, 2.05) is 6.07 Å². The van der Waals surface area contributed by atoms with Gasteiger partial charge in [0.2, 0.25) is 5.39 Å². The summed E-state index contributed by atoms with van der Waals surface area (Å²) in [7, 11) is 0. The van der Waals surface area contributed by atoms with Gasteiger partial charge in [0.1, 0.15) is 0 Å². The zero-order chi connectivity index (χ0) is 13.8. The van der Waals surface area contributed by atoms with Crippen LogP contribution in [0, 0.1) is 12.3 Å². The van der Waals surface area contributed by atoms with Crippen molar-refractivity contribution in [2.45, 2.75) is 6.92 Å². The summed E-state index contributed by atoms with van der Waals surface area (Å²) >= 11 is 6.03. The number of benzene rings is 2. The number of carbonyl (C=O) groups excluding carboxylic acids is 1. The van der Waals surface area contributed by atoms with E-state index in [-0.39, 0.29) is 5.91 Å². The monoisotopic (exact) mass is 272 g/mol. The Morgan fingerprint density at radius 2 is 1.95 bits per heavy atom. The fourth-order valence-corrected chi connectivity index (χ4v) is 1.86. The maximum Gasteiger partial charge on any atom is 0.389 e. The Balaban J connectivity index is 2.28. The summed E-state index contributed by atoms with van der Waals surface area (Å²) in [5.74, 6) is -0.240. The van der Waals surface area contributed by atoms with Crippen molar-refractivity contribution in [3.63, 3.8) is 0 Å². The molecule has 94 valence electrons. The van der Waals surface area contributed by atoms with Crippen LogP contribution < -0.4 is 5.32 Å². The Morgan fingerprint density at radius 1 is 1.26 bits per heavy atom. The fourth-order valence-electron chi connectivity index (χ4n) is 1.66. The highest BCUT2D eigenvalue weighted by Gasteiger charge is 2.16. The zero-order valence-corrected chi connectivity index (χ0v) is 11.0. The minimum atomic E-state index is -0.240. The highest BCUT2D eigenvalue weighted by Crippen LogP contribution is 2.30. The van der Waals surface area contributed by atoms with Gasteiger partial charge in [0.15, 0.2) is 4.98 Å². The van der Waals surface area contributed by atoms with Crippen LogP contribution in [0.2, 0.25) is 5.02 Å². The Hall–Kier alpha value is -2.38. The summed E-state index contributed by atoms with van der Waals surface area (Å²) in [4.78, 5) is 15.1. The van der Waals surface area contributed by atoms with Crippen molar-refractivity contribution in [2.24, 2.45) is 0 Å². The third kappa shape index (κ3) is 2.90. The van der Waals surface area contributed by atoms with Crippen molar-refractivity contribution in [1.82, 2.24) is 0 Å². The van der Waals surface area contributed by atoms with Gasteiger partial charge < -0.3 is 5.32 Å². The minimum absolute atomic E-state index is 0.240. The van der Waals surface area contributed by atoms with E-state index in [9.17, 15) is 4.79 Å². The maximum absolute atomic E-state index is 12.0. The lowest BCUT2D eigenvalue weighted by molar-refractivity contribution is 0.102. The average molecular weight is 273 g/mol. The molecule has 2 aromatic rings. The molecule has 2 rings (SSSR count). The first-order valence-electron chi connectivity index (χ1n) is 5.63. The van der Waals surface area contributed by atoms with Crippen molar-refractivity contribution in [3.8, 4) is 0 Å². The lowest BCUT2D eigenvalue weighted by Gasteiger charge is -2.07. The van der Waals surface area contributed by atoms with E-state index in [1.54, 1.807) is 37.3 Å². The first-order valence-corrected chi connectivity index (χ1v) is 6.01. The van der Waals surface area contributed by atoms with Crippen molar-refractivity contribution in [3.05, 3.63) is 63.6 Å². The second-order valence-corrected chi connectivity index (χ2v) is 4.45. The van der Waals surface area contributed by atoms with Crippen molar-refractivity contribution < 1.29 is 4.79 Å².